The third-order valence-corrected chi connectivity index (χ3v) is 4.44. The molecule has 2 aromatic heterocycles. The zero-order chi connectivity index (χ0) is 20.4. The Morgan fingerprint density at radius 2 is 1.83 bits per heavy atom. The molecule has 0 aliphatic carbocycles. The van der Waals surface area contributed by atoms with E-state index in [0.717, 1.165) is 16.8 Å². The van der Waals surface area contributed by atoms with Crippen molar-refractivity contribution in [3.05, 3.63) is 65.7 Å². The van der Waals surface area contributed by atoms with Gasteiger partial charge >= 0.3 is 0 Å². The zero-order valence-corrected chi connectivity index (χ0v) is 15.8. The molecule has 1 N–H and O–H groups in total. The van der Waals surface area contributed by atoms with Crippen LogP contribution in [0.2, 0.25) is 0 Å². The van der Waals surface area contributed by atoms with E-state index in [1.165, 1.54) is 18.5 Å². The molecule has 4 aromatic rings. The molecule has 0 atom stereocenters. The van der Waals surface area contributed by atoms with Gasteiger partial charge in [-0.05, 0) is 49.2 Å². The SMILES string of the molecule is Cc1cccc(C)c1NC(=O)COc1ncnc2onc(-c3ccc(F)cc3)c12. The van der Waals surface area contributed by atoms with Gasteiger partial charge in [-0.25, -0.2) is 9.37 Å². The highest BCUT2D eigenvalue weighted by molar-refractivity contribution is 5.95. The number of anilines is 1. The molecule has 0 bridgehead atoms. The maximum Gasteiger partial charge on any atom is 0.265 e. The Kier molecular flexibility index (Phi) is 4.90. The van der Waals surface area contributed by atoms with Crippen molar-refractivity contribution >= 4 is 22.7 Å². The highest BCUT2D eigenvalue weighted by atomic mass is 19.1. The summed E-state index contributed by atoms with van der Waals surface area (Å²) < 4.78 is 24.1. The quantitative estimate of drug-likeness (QED) is 0.551. The molecule has 7 nitrogen and oxygen atoms in total. The predicted octanol–water partition coefficient (Wildman–Crippen LogP) is 4.06. The molecule has 2 heterocycles. The summed E-state index contributed by atoms with van der Waals surface area (Å²) in [6.45, 7) is 3.58. The number of carbonyl (C=O) groups excluding carboxylic acids is 1. The van der Waals surface area contributed by atoms with Crippen LogP contribution in [0.25, 0.3) is 22.4 Å². The number of hydrogen-bond donors (Lipinski definition) is 1. The smallest absolute Gasteiger partial charge is 0.265 e. The van der Waals surface area contributed by atoms with Gasteiger partial charge in [0.2, 0.25) is 5.88 Å². The van der Waals surface area contributed by atoms with Crippen molar-refractivity contribution in [2.45, 2.75) is 13.8 Å². The zero-order valence-electron chi connectivity index (χ0n) is 15.8. The van der Waals surface area contributed by atoms with Crippen LogP contribution in [-0.2, 0) is 4.79 Å². The number of benzene rings is 2. The second-order valence-electron chi connectivity index (χ2n) is 6.50. The van der Waals surface area contributed by atoms with Gasteiger partial charge in [-0.1, -0.05) is 23.4 Å². The number of rotatable bonds is 5. The van der Waals surface area contributed by atoms with Crippen molar-refractivity contribution in [2.24, 2.45) is 0 Å². The molecule has 2 aromatic carbocycles. The number of nitrogens with one attached hydrogen (secondary N) is 1. The lowest BCUT2D eigenvalue weighted by molar-refractivity contribution is -0.118. The molecule has 0 radical (unpaired) electrons. The molecule has 0 unspecified atom stereocenters. The Hall–Kier alpha value is -3.81. The summed E-state index contributed by atoms with van der Waals surface area (Å²) in [4.78, 5) is 20.5. The molecule has 8 heteroatoms. The van der Waals surface area contributed by atoms with Crippen LogP contribution < -0.4 is 10.1 Å². The monoisotopic (exact) mass is 392 g/mol. The molecule has 0 fully saturated rings. The highest BCUT2D eigenvalue weighted by Gasteiger charge is 2.19. The van der Waals surface area contributed by atoms with E-state index in [4.69, 9.17) is 9.26 Å². The Balaban J connectivity index is 1.57. The van der Waals surface area contributed by atoms with E-state index in [9.17, 15) is 9.18 Å². The van der Waals surface area contributed by atoms with Crippen LogP contribution in [0.15, 0.2) is 53.3 Å². The summed E-state index contributed by atoms with van der Waals surface area (Å²) in [6.07, 6.45) is 1.26. The second kappa shape index (κ2) is 7.67. The summed E-state index contributed by atoms with van der Waals surface area (Å²) in [5, 5.41) is 7.26. The van der Waals surface area contributed by atoms with E-state index in [1.54, 1.807) is 12.1 Å². The van der Waals surface area contributed by atoms with Crippen molar-refractivity contribution in [2.75, 3.05) is 11.9 Å². The number of amides is 1. The first-order valence-electron chi connectivity index (χ1n) is 8.88. The van der Waals surface area contributed by atoms with Crippen LogP contribution in [0.1, 0.15) is 11.1 Å². The van der Waals surface area contributed by atoms with Gasteiger partial charge in [-0.15, -0.1) is 0 Å². The third kappa shape index (κ3) is 3.77. The van der Waals surface area contributed by atoms with Crippen LogP contribution in [0.4, 0.5) is 10.1 Å². The Morgan fingerprint density at radius 3 is 2.55 bits per heavy atom. The van der Waals surface area contributed by atoms with Gasteiger partial charge in [-0.2, -0.15) is 4.98 Å². The molecule has 0 spiro atoms. The van der Waals surface area contributed by atoms with E-state index >= 15 is 0 Å². The summed E-state index contributed by atoms with van der Waals surface area (Å²) in [5.74, 6) is -0.529. The van der Waals surface area contributed by atoms with Gasteiger partial charge in [0.1, 0.15) is 23.2 Å². The molecule has 29 heavy (non-hydrogen) atoms. The molecular weight excluding hydrogens is 375 g/mol. The predicted molar refractivity (Wildman–Crippen MR) is 105 cm³/mol. The largest absolute Gasteiger partial charge is 0.467 e. The fourth-order valence-corrected chi connectivity index (χ4v) is 3.00. The van der Waals surface area contributed by atoms with Crippen molar-refractivity contribution in [1.29, 1.82) is 0 Å². The first kappa shape index (κ1) is 18.5. The summed E-state index contributed by atoms with van der Waals surface area (Å²) in [6, 6.07) is 11.5. The van der Waals surface area contributed by atoms with E-state index in [0.29, 0.717) is 16.6 Å². The lowest BCUT2D eigenvalue weighted by atomic mass is 10.1. The van der Waals surface area contributed by atoms with Gasteiger partial charge in [0, 0.05) is 11.3 Å². The maximum atomic E-state index is 13.2. The molecule has 0 aliphatic rings. The van der Waals surface area contributed by atoms with Crippen LogP contribution in [0.5, 0.6) is 5.88 Å². The first-order chi connectivity index (χ1) is 14.0. The minimum Gasteiger partial charge on any atom is -0.467 e. The standard InChI is InChI=1S/C21H17FN4O3/c1-12-4-3-5-13(2)18(12)25-16(27)10-28-20-17-19(14-6-8-15(22)9-7-14)26-29-21(17)24-11-23-20/h3-9,11H,10H2,1-2H3,(H,25,27). The van der Waals surface area contributed by atoms with Crippen LogP contribution in [0, 0.1) is 19.7 Å². The molecule has 4 rings (SSSR count). The van der Waals surface area contributed by atoms with Crippen LogP contribution in [0.3, 0.4) is 0 Å². The second-order valence-corrected chi connectivity index (χ2v) is 6.50. The number of para-hydroxylation sites is 1. The Labute approximate surface area is 165 Å². The summed E-state index contributed by atoms with van der Waals surface area (Å²) in [7, 11) is 0. The molecular formula is C21H17FN4O3. The third-order valence-electron chi connectivity index (χ3n) is 4.44. The number of halogens is 1. The number of fused-ring (bicyclic) bond motifs is 1. The molecule has 0 saturated heterocycles. The van der Waals surface area contributed by atoms with Crippen LogP contribution >= 0.6 is 0 Å². The summed E-state index contributed by atoms with van der Waals surface area (Å²) in [5.41, 5.74) is 3.91. The Morgan fingerprint density at radius 1 is 1.10 bits per heavy atom. The average Bonchev–Trinajstić information content (AvgIpc) is 3.15. The maximum absolute atomic E-state index is 13.2. The van der Waals surface area contributed by atoms with Crippen LogP contribution in [-0.4, -0.2) is 27.6 Å². The van der Waals surface area contributed by atoms with E-state index < -0.39 is 0 Å². The molecule has 146 valence electrons. The number of aromatic nitrogens is 3. The van der Waals surface area contributed by atoms with E-state index in [1.807, 2.05) is 32.0 Å². The lowest BCUT2D eigenvalue weighted by Gasteiger charge is -2.12. The molecule has 0 saturated carbocycles. The number of aryl methyl sites for hydroxylation is 2. The van der Waals surface area contributed by atoms with Crippen molar-refractivity contribution in [3.8, 4) is 17.1 Å². The normalized spacial score (nSPS) is 10.9. The first-order valence-corrected chi connectivity index (χ1v) is 8.88. The minimum atomic E-state index is -0.363. The minimum absolute atomic E-state index is 0.159. The van der Waals surface area contributed by atoms with Gasteiger partial charge in [0.15, 0.2) is 6.61 Å². The van der Waals surface area contributed by atoms with Crippen molar-refractivity contribution in [1.82, 2.24) is 15.1 Å². The van der Waals surface area contributed by atoms with Crippen molar-refractivity contribution < 1.29 is 18.4 Å². The lowest BCUT2D eigenvalue weighted by Crippen LogP contribution is -2.21. The number of nitrogens with zero attached hydrogens (tertiary/aromatic N) is 3. The number of ether oxygens (including phenoxy) is 1. The fraction of sp³-hybridized carbons (Fsp3) is 0.143. The average molecular weight is 392 g/mol. The topological polar surface area (TPSA) is 90.1 Å². The number of hydrogen-bond acceptors (Lipinski definition) is 6. The number of carbonyl (C=O) groups is 1. The molecule has 0 aliphatic heterocycles. The molecule has 1 amide bonds. The van der Waals surface area contributed by atoms with Crippen molar-refractivity contribution in [3.63, 3.8) is 0 Å². The van der Waals surface area contributed by atoms with Gasteiger partial charge in [0.05, 0.1) is 0 Å². The van der Waals surface area contributed by atoms with Gasteiger partial charge in [0.25, 0.3) is 11.6 Å². The fourth-order valence-electron chi connectivity index (χ4n) is 3.00. The van der Waals surface area contributed by atoms with Gasteiger partial charge < -0.3 is 14.6 Å². The van der Waals surface area contributed by atoms with E-state index in [2.05, 4.69) is 20.4 Å². The van der Waals surface area contributed by atoms with E-state index in [-0.39, 0.29) is 29.9 Å². The summed E-state index contributed by atoms with van der Waals surface area (Å²) >= 11 is 0. The van der Waals surface area contributed by atoms with Gasteiger partial charge in [-0.3, -0.25) is 4.79 Å². The highest BCUT2D eigenvalue weighted by Crippen LogP contribution is 2.32. The Bertz CT molecular complexity index is 1170.